The number of carbonyl (C=O) groups is 3. The molecule has 1 atom stereocenters. The van der Waals surface area contributed by atoms with Crippen LogP contribution in [-0.2, 0) is 22.4 Å². The average molecular weight is 443 g/mol. The van der Waals surface area contributed by atoms with E-state index in [1.54, 1.807) is 0 Å². The fraction of sp³-hybridized carbons (Fsp3) is 0.348. The highest BCUT2D eigenvalue weighted by Gasteiger charge is 2.31. The van der Waals surface area contributed by atoms with Crippen molar-refractivity contribution in [3.8, 4) is 5.75 Å². The quantitative estimate of drug-likeness (QED) is 0.653. The van der Waals surface area contributed by atoms with Crippen molar-refractivity contribution in [3.63, 3.8) is 0 Å². The number of anilines is 1. The molecule has 1 aliphatic heterocycles. The van der Waals surface area contributed by atoms with Crippen LogP contribution in [0, 0.1) is 0 Å². The molecule has 1 unspecified atom stereocenters. The fourth-order valence-electron chi connectivity index (χ4n) is 2.93. The summed E-state index contributed by atoms with van der Waals surface area (Å²) in [5, 5.41) is 4.35. The van der Waals surface area contributed by atoms with Gasteiger partial charge in [-0.3, -0.25) is 20.2 Å². The molecule has 0 aliphatic carbocycles. The maximum atomic E-state index is 11.8. The second-order valence-corrected chi connectivity index (χ2v) is 9.33. The molecule has 2 aromatic carbocycles. The molecule has 1 heterocycles. The maximum Gasteiger partial charge on any atom is 0.412 e. The second-order valence-electron chi connectivity index (χ2n) is 8.15. The molecule has 0 aromatic heterocycles. The minimum atomic E-state index is -0.539. The summed E-state index contributed by atoms with van der Waals surface area (Å²) in [7, 11) is 0. The van der Waals surface area contributed by atoms with Gasteiger partial charge in [-0.15, -0.1) is 0 Å². The highest BCUT2D eigenvalue weighted by molar-refractivity contribution is 8.15. The van der Waals surface area contributed by atoms with Gasteiger partial charge in [0.1, 0.15) is 11.4 Å². The Morgan fingerprint density at radius 3 is 2.26 bits per heavy atom. The van der Waals surface area contributed by atoms with E-state index < -0.39 is 11.7 Å². The first-order chi connectivity index (χ1) is 14.7. The Balaban J connectivity index is 1.42. The van der Waals surface area contributed by atoms with Crippen LogP contribution >= 0.6 is 11.8 Å². The van der Waals surface area contributed by atoms with Crippen LogP contribution in [0.3, 0.4) is 0 Å². The summed E-state index contributed by atoms with van der Waals surface area (Å²) >= 11 is 1.03. The van der Waals surface area contributed by atoms with E-state index in [4.69, 9.17) is 9.47 Å². The number of imide groups is 1. The van der Waals surface area contributed by atoms with Crippen molar-refractivity contribution in [1.29, 1.82) is 0 Å². The van der Waals surface area contributed by atoms with Gasteiger partial charge in [-0.25, -0.2) is 4.79 Å². The highest BCUT2D eigenvalue weighted by Crippen LogP contribution is 2.24. The summed E-state index contributed by atoms with van der Waals surface area (Å²) in [5.41, 5.74) is 2.19. The normalized spacial score (nSPS) is 16.0. The molecule has 3 rings (SSSR count). The zero-order chi connectivity index (χ0) is 22.4. The van der Waals surface area contributed by atoms with Gasteiger partial charge in [0.05, 0.1) is 11.9 Å². The molecule has 2 N–H and O–H groups in total. The minimum Gasteiger partial charge on any atom is -0.493 e. The largest absolute Gasteiger partial charge is 0.493 e. The van der Waals surface area contributed by atoms with Crippen molar-refractivity contribution >= 4 is 34.7 Å². The van der Waals surface area contributed by atoms with E-state index in [1.807, 2.05) is 69.3 Å². The Bertz CT molecular complexity index is 936. The summed E-state index contributed by atoms with van der Waals surface area (Å²) < 4.78 is 11.0. The van der Waals surface area contributed by atoms with Crippen molar-refractivity contribution in [2.45, 2.75) is 44.5 Å². The summed E-state index contributed by atoms with van der Waals surface area (Å²) in [6.45, 7) is 5.96. The van der Waals surface area contributed by atoms with Gasteiger partial charge in [0.2, 0.25) is 5.91 Å². The zero-order valence-corrected chi connectivity index (χ0v) is 18.6. The average Bonchev–Trinajstić information content (AvgIpc) is 3.00. The molecule has 1 saturated heterocycles. The Morgan fingerprint density at radius 2 is 1.68 bits per heavy atom. The number of ether oxygens (including phenoxy) is 2. The minimum absolute atomic E-state index is 0.234. The van der Waals surface area contributed by atoms with E-state index in [2.05, 4.69) is 10.6 Å². The van der Waals surface area contributed by atoms with Crippen molar-refractivity contribution in [2.24, 2.45) is 0 Å². The molecule has 0 radical (unpaired) electrons. The molecule has 0 saturated carbocycles. The van der Waals surface area contributed by atoms with E-state index in [-0.39, 0.29) is 16.4 Å². The molecule has 1 fully saturated rings. The number of benzene rings is 2. The monoisotopic (exact) mass is 442 g/mol. The Kier molecular flexibility index (Phi) is 7.22. The molecule has 8 heteroatoms. The Hall–Kier alpha value is -3.00. The first-order valence-electron chi connectivity index (χ1n) is 10.0. The van der Waals surface area contributed by atoms with Crippen LogP contribution < -0.4 is 15.4 Å². The number of hydrogen-bond donors (Lipinski definition) is 2. The van der Waals surface area contributed by atoms with Crippen LogP contribution in [0.5, 0.6) is 5.75 Å². The number of carbonyl (C=O) groups excluding carboxylic acids is 3. The van der Waals surface area contributed by atoms with Gasteiger partial charge in [-0.05, 0) is 62.6 Å². The second kappa shape index (κ2) is 9.87. The smallest absolute Gasteiger partial charge is 0.412 e. The molecule has 2 aromatic rings. The lowest BCUT2D eigenvalue weighted by atomic mass is 10.1. The number of amides is 3. The van der Waals surface area contributed by atoms with E-state index >= 15 is 0 Å². The molecular formula is C23H26N2O5S. The molecule has 164 valence electrons. The van der Waals surface area contributed by atoms with Gasteiger partial charge in [0.15, 0.2) is 0 Å². The van der Waals surface area contributed by atoms with Crippen molar-refractivity contribution in [1.82, 2.24) is 5.32 Å². The van der Waals surface area contributed by atoms with Crippen LogP contribution in [-0.4, -0.2) is 34.7 Å². The SMILES string of the molecule is CC(C)(C)OC(=O)Nc1ccc(CCOc2ccc(CC3SC(=O)NC3=O)cc2)cc1. The predicted octanol–water partition coefficient (Wildman–Crippen LogP) is 4.55. The summed E-state index contributed by atoms with van der Waals surface area (Å²) in [5.74, 6) is 0.509. The van der Waals surface area contributed by atoms with E-state index in [0.717, 1.165) is 35.1 Å². The molecular weight excluding hydrogens is 416 g/mol. The third kappa shape index (κ3) is 7.32. The van der Waals surface area contributed by atoms with Crippen LogP contribution in [0.25, 0.3) is 0 Å². The van der Waals surface area contributed by atoms with E-state index in [0.29, 0.717) is 18.7 Å². The van der Waals surface area contributed by atoms with Gasteiger partial charge in [0.25, 0.3) is 5.24 Å². The number of thioether (sulfide) groups is 1. The van der Waals surface area contributed by atoms with E-state index in [1.165, 1.54) is 0 Å². The molecule has 31 heavy (non-hydrogen) atoms. The maximum absolute atomic E-state index is 11.8. The van der Waals surface area contributed by atoms with Gasteiger partial charge < -0.3 is 9.47 Å². The highest BCUT2D eigenvalue weighted by atomic mass is 32.2. The Labute approximate surface area is 185 Å². The van der Waals surface area contributed by atoms with Crippen molar-refractivity contribution < 1.29 is 23.9 Å². The van der Waals surface area contributed by atoms with Crippen LogP contribution in [0.1, 0.15) is 31.9 Å². The standard InChI is InChI=1S/C23H26N2O5S/c1-23(2,3)30-21(27)24-17-8-4-15(5-9-17)12-13-29-18-10-6-16(7-11-18)14-19-20(26)25-22(28)31-19/h4-11,19H,12-14H2,1-3H3,(H,24,27)(H,25,26,28). The fourth-order valence-corrected chi connectivity index (χ4v) is 3.79. The number of rotatable bonds is 7. The third-order valence-corrected chi connectivity index (χ3v) is 5.35. The molecule has 0 bridgehead atoms. The lowest BCUT2D eigenvalue weighted by molar-refractivity contribution is -0.118. The van der Waals surface area contributed by atoms with Crippen LogP contribution in [0.4, 0.5) is 15.3 Å². The molecule has 3 amide bonds. The summed E-state index contributed by atoms with van der Waals surface area (Å²) in [4.78, 5) is 34.7. The van der Waals surface area contributed by atoms with Gasteiger partial charge in [-0.1, -0.05) is 36.0 Å². The van der Waals surface area contributed by atoms with E-state index in [9.17, 15) is 14.4 Å². The molecule has 1 aliphatic rings. The first-order valence-corrected chi connectivity index (χ1v) is 10.9. The zero-order valence-electron chi connectivity index (χ0n) is 17.8. The van der Waals surface area contributed by atoms with Crippen LogP contribution in [0.15, 0.2) is 48.5 Å². The van der Waals surface area contributed by atoms with Crippen LogP contribution in [0.2, 0.25) is 0 Å². The number of hydrogen-bond acceptors (Lipinski definition) is 6. The van der Waals surface area contributed by atoms with Gasteiger partial charge in [-0.2, -0.15) is 0 Å². The molecule has 0 spiro atoms. The van der Waals surface area contributed by atoms with Gasteiger partial charge >= 0.3 is 6.09 Å². The lowest BCUT2D eigenvalue weighted by Gasteiger charge is -2.19. The predicted molar refractivity (Wildman–Crippen MR) is 121 cm³/mol. The topological polar surface area (TPSA) is 93.7 Å². The van der Waals surface area contributed by atoms with Crippen molar-refractivity contribution in [3.05, 3.63) is 59.7 Å². The first kappa shape index (κ1) is 22.7. The third-order valence-electron chi connectivity index (χ3n) is 4.37. The number of nitrogens with one attached hydrogen (secondary N) is 2. The summed E-state index contributed by atoms with van der Waals surface area (Å²) in [6, 6.07) is 15.1. The molecule has 7 nitrogen and oxygen atoms in total. The lowest BCUT2D eigenvalue weighted by Crippen LogP contribution is -2.27. The van der Waals surface area contributed by atoms with Crippen molar-refractivity contribution in [2.75, 3.05) is 11.9 Å². The van der Waals surface area contributed by atoms with Gasteiger partial charge in [0, 0.05) is 12.1 Å². The summed E-state index contributed by atoms with van der Waals surface area (Å²) in [6.07, 6.45) is 0.743. The Morgan fingerprint density at radius 1 is 1.03 bits per heavy atom.